The molecule has 26 heavy (non-hydrogen) atoms. The van der Waals surface area contributed by atoms with Gasteiger partial charge in [-0.2, -0.15) is 13.2 Å². The van der Waals surface area contributed by atoms with Gasteiger partial charge in [0.05, 0.1) is 17.7 Å². The van der Waals surface area contributed by atoms with E-state index in [1.807, 2.05) is 0 Å². The van der Waals surface area contributed by atoms with Gasteiger partial charge in [0.2, 0.25) is 0 Å². The molecule has 0 saturated carbocycles. The van der Waals surface area contributed by atoms with Crippen molar-refractivity contribution in [1.29, 1.82) is 0 Å². The summed E-state index contributed by atoms with van der Waals surface area (Å²) in [6.45, 7) is 1.01. The summed E-state index contributed by atoms with van der Waals surface area (Å²) < 4.78 is 39.1. The molecule has 0 aliphatic carbocycles. The van der Waals surface area contributed by atoms with Crippen LogP contribution in [0.3, 0.4) is 0 Å². The van der Waals surface area contributed by atoms with Gasteiger partial charge in [0.1, 0.15) is 5.84 Å². The zero-order chi connectivity index (χ0) is 18.5. The molecule has 0 atom stereocenters. The van der Waals surface area contributed by atoms with E-state index in [0.717, 1.165) is 12.1 Å². The van der Waals surface area contributed by atoms with Crippen molar-refractivity contribution in [3.63, 3.8) is 0 Å². The molecule has 2 heterocycles. The molecule has 7 heteroatoms. The van der Waals surface area contributed by atoms with Gasteiger partial charge in [0.15, 0.2) is 5.78 Å². The Morgan fingerprint density at radius 2 is 1.85 bits per heavy atom. The molecule has 4 rings (SSSR count). The summed E-state index contributed by atoms with van der Waals surface area (Å²) in [4.78, 5) is 19.1. The molecule has 2 aromatic rings. The first-order valence-corrected chi connectivity index (χ1v) is 8.28. The maximum absolute atomic E-state index is 13.0. The smallest absolute Gasteiger partial charge is 0.324 e. The number of rotatable bonds is 2. The Hall–Kier alpha value is -2.60. The van der Waals surface area contributed by atoms with E-state index in [0.29, 0.717) is 40.8 Å². The van der Waals surface area contributed by atoms with E-state index in [2.05, 4.69) is 4.99 Å². The summed E-state index contributed by atoms with van der Waals surface area (Å²) in [5, 5.41) is 0.499. The van der Waals surface area contributed by atoms with Gasteiger partial charge < -0.3 is 4.90 Å². The third-order valence-corrected chi connectivity index (χ3v) is 4.63. The Bertz CT molecular complexity index is 962. The first-order chi connectivity index (χ1) is 12.3. The SMILES string of the molecule is O=C(C1=Cc2cc(C(F)(F)F)ccc2N2CCN=C12)c1ccc(Cl)cc1. The van der Waals surface area contributed by atoms with Crippen molar-refractivity contribution < 1.29 is 18.0 Å². The summed E-state index contributed by atoms with van der Waals surface area (Å²) in [6, 6.07) is 9.93. The van der Waals surface area contributed by atoms with Crippen LogP contribution >= 0.6 is 11.6 Å². The van der Waals surface area contributed by atoms with Gasteiger partial charge in [0.25, 0.3) is 0 Å². The summed E-state index contributed by atoms with van der Waals surface area (Å²) in [6.07, 6.45) is -2.95. The molecule has 0 bridgehead atoms. The molecule has 0 unspecified atom stereocenters. The Morgan fingerprint density at radius 1 is 1.12 bits per heavy atom. The summed E-state index contributed by atoms with van der Waals surface area (Å²) in [5.74, 6) is 0.201. The quantitative estimate of drug-likeness (QED) is 0.701. The molecule has 0 amide bonds. The fourth-order valence-electron chi connectivity index (χ4n) is 3.15. The van der Waals surface area contributed by atoms with E-state index in [1.165, 1.54) is 12.1 Å². The van der Waals surface area contributed by atoms with Crippen molar-refractivity contribution in [3.05, 3.63) is 69.8 Å². The lowest BCUT2D eigenvalue weighted by Crippen LogP contribution is -2.34. The predicted octanol–water partition coefficient (Wildman–Crippen LogP) is 4.86. The zero-order valence-electron chi connectivity index (χ0n) is 13.3. The zero-order valence-corrected chi connectivity index (χ0v) is 14.1. The highest BCUT2D eigenvalue weighted by Crippen LogP contribution is 2.38. The van der Waals surface area contributed by atoms with Gasteiger partial charge in [-0.25, -0.2) is 0 Å². The minimum Gasteiger partial charge on any atom is -0.324 e. The minimum absolute atomic E-state index is 0.289. The maximum Gasteiger partial charge on any atom is 0.416 e. The van der Waals surface area contributed by atoms with Gasteiger partial charge >= 0.3 is 6.18 Å². The Kier molecular flexibility index (Phi) is 3.88. The normalized spacial score (nSPS) is 15.9. The van der Waals surface area contributed by atoms with Gasteiger partial charge in [-0.3, -0.25) is 9.79 Å². The highest BCUT2D eigenvalue weighted by Gasteiger charge is 2.35. The molecule has 0 saturated heterocycles. The molecule has 0 spiro atoms. The molecular weight excluding hydrogens is 365 g/mol. The molecule has 0 radical (unpaired) electrons. The Morgan fingerprint density at radius 3 is 2.54 bits per heavy atom. The number of hydrogen-bond donors (Lipinski definition) is 0. The number of nitrogens with zero attached hydrogens (tertiary/aromatic N) is 2. The largest absolute Gasteiger partial charge is 0.416 e. The number of halogens is 4. The molecule has 3 nitrogen and oxygen atoms in total. The Labute approximate surface area is 152 Å². The number of Topliss-reactive ketones (excluding diaryl/α,β-unsaturated/α-hetero) is 1. The van der Waals surface area contributed by atoms with Crippen molar-refractivity contribution in [2.24, 2.45) is 4.99 Å². The lowest BCUT2D eigenvalue weighted by Gasteiger charge is -2.28. The highest BCUT2D eigenvalue weighted by atomic mass is 35.5. The second-order valence-electron chi connectivity index (χ2n) is 6.02. The number of hydrogen-bond acceptors (Lipinski definition) is 3. The number of alkyl halides is 3. The summed E-state index contributed by atoms with van der Waals surface area (Å²) >= 11 is 5.85. The molecule has 2 aliphatic rings. The van der Waals surface area contributed by atoms with Crippen LogP contribution in [0.2, 0.25) is 5.02 Å². The van der Waals surface area contributed by atoms with Crippen molar-refractivity contribution in [2.75, 3.05) is 18.0 Å². The number of anilines is 1. The van der Waals surface area contributed by atoms with E-state index in [4.69, 9.17) is 11.6 Å². The number of carbonyl (C=O) groups is 1. The van der Waals surface area contributed by atoms with E-state index >= 15 is 0 Å². The number of benzene rings is 2. The van der Waals surface area contributed by atoms with Gasteiger partial charge in [-0.05, 0) is 54.1 Å². The topological polar surface area (TPSA) is 32.7 Å². The lowest BCUT2D eigenvalue weighted by atomic mass is 9.94. The third-order valence-electron chi connectivity index (χ3n) is 4.38. The first-order valence-electron chi connectivity index (χ1n) is 7.90. The average Bonchev–Trinajstić information content (AvgIpc) is 3.10. The van der Waals surface area contributed by atoms with Crippen LogP contribution < -0.4 is 4.90 Å². The average molecular weight is 377 g/mol. The van der Waals surface area contributed by atoms with Crippen molar-refractivity contribution >= 4 is 35.0 Å². The fraction of sp³-hybridized carbons (Fsp3) is 0.158. The highest BCUT2D eigenvalue weighted by molar-refractivity contribution is 6.36. The van der Waals surface area contributed by atoms with Crippen LogP contribution in [0.4, 0.5) is 18.9 Å². The monoisotopic (exact) mass is 376 g/mol. The molecule has 0 aromatic heterocycles. The summed E-state index contributed by atoms with van der Waals surface area (Å²) in [7, 11) is 0. The van der Waals surface area contributed by atoms with Crippen LogP contribution in [-0.4, -0.2) is 24.7 Å². The van der Waals surface area contributed by atoms with Crippen molar-refractivity contribution in [3.8, 4) is 0 Å². The standard InChI is InChI=1S/C19H12ClF3N2O/c20-14-4-1-11(2-5-14)17(26)15-10-12-9-13(19(21,22)23)3-6-16(12)25-8-7-24-18(15)25/h1-6,9-10H,7-8H2. The van der Waals surface area contributed by atoms with Gasteiger partial charge in [-0.15, -0.1) is 0 Å². The third kappa shape index (κ3) is 2.80. The van der Waals surface area contributed by atoms with Crippen LogP contribution in [0, 0.1) is 0 Å². The molecule has 0 fully saturated rings. The van der Waals surface area contributed by atoms with Crippen LogP contribution in [0.25, 0.3) is 6.08 Å². The van der Waals surface area contributed by atoms with E-state index in [-0.39, 0.29) is 11.4 Å². The molecular formula is C19H12ClF3N2O. The predicted molar refractivity (Wildman–Crippen MR) is 94.9 cm³/mol. The van der Waals surface area contributed by atoms with Crippen LogP contribution in [0.15, 0.2) is 53.0 Å². The molecule has 132 valence electrons. The van der Waals surface area contributed by atoms with Gasteiger partial charge in [-0.1, -0.05) is 11.6 Å². The Balaban J connectivity index is 1.83. The second-order valence-corrected chi connectivity index (χ2v) is 6.46. The first kappa shape index (κ1) is 16.8. The van der Waals surface area contributed by atoms with Crippen LogP contribution in [0.5, 0.6) is 0 Å². The molecule has 2 aromatic carbocycles. The lowest BCUT2D eigenvalue weighted by molar-refractivity contribution is -0.137. The van der Waals surface area contributed by atoms with E-state index < -0.39 is 11.7 Å². The van der Waals surface area contributed by atoms with Crippen LogP contribution in [-0.2, 0) is 6.18 Å². The maximum atomic E-state index is 13.0. The van der Waals surface area contributed by atoms with E-state index in [1.54, 1.807) is 29.2 Å². The summed E-state index contributed by atoms with van der Waals surface area (Å²) in [5.41, 5.74) is 0.938. The molecule has 0 N–H and O–H groups in total. The second kappa shape index (κ2) is 5.99. The number of aliphatic imine (C=N–C) groups is 1. The number of carbonyl (C=O) groups excluding carboxylic acids is 1. The number of fused-ring (bicyclic) bond motifs is 3. The van der Waals surface area contributed by atoms with Crippen LogP contribution in [0.1, 0.15) is 21.5 Å². The van der Waals surface area contributed by atoms with Crippen molar-refractivity contribution in [1.82, 2.24) is 0 Å². The van der Waals surface area contributed by atoms with Gasteiger partial charge in [0, 0.05) is 22.8 Å². The van der Waals surface area contributed by atoms with E-state index in [9.17, 15) is 18.0 Å². The van der Waals surface area contributed by atoms with Crippen molar-refractivity contribution in [2.45, 2.75) is 6.18 Å². The number of amidine groups is 1. The molecule has 2 aliphatic heterocycles. The minimum atomic E-state index is -4.44. The fourth-order valence-corrected chi connectivity index (χ4v) is 3.27. The number of ketones is 1.